The minimum absolute atomic E-state index is 0.0393. The molecule has 0 heterocycles. The second-order valence-electron chi connectivity index (χ2n) is 12.1. The summed E-state index contributed by atoms with van der Waals surface area (Å²) in [6, 6.07) is 29.5. The molecule has 0 aromatic heterocycles. The Kier molecular flexibility index (Phi) is 11.9. The van der Waals surface area contributed by atoms with Crippen molar-refractivity contribution in [2.45, 2.75) is 69.5 Å². The van der Waals surface area contributed by atoms with Crippen molar-refractivity contribution in [3.63, 3.8) is 0 Å². The van der Waals surface area contributed by atoms with Crippen LogP contribution >= 0.6 is 15.9 Å². The first-order chi connectivity index (χ1) is 23.1. The van der Waals surface area contributed by atoms with Crippen molar-refractivity contribution in [1.82, 2.24) is 10.2 Å². The lowest BCUT2D eigenvalue weighted by atomic mass is 10.0. The topological polar surface area (TPSA) is 96.0 Å². The molecule has 4 aromatic rings. The van der Waals surface area contributed by atoms with Crippen molar-refractivity contribution in [2.75, 3.05) is 17.5 Å². The molecule has 10 heteroatoms. The Morgan fingerprint density at radius 3 is 2.21 bits per heavy atom. The summed E-state index contributed by atoms with van der Waals surface area (Å²) in [6.07, 6.45) is 4.16. The highest BCUT2D eigenvalue weighted by Gasteiger charge is 2.35. The van der Waals surface area contributed by atoms with Crippen LogP contribution in [-0.2, 0) is 32.6 Å². The molecule has 1 saturated carbocycles. The third kappa shape index (κ3) is 9.05. The zero-order valence-corrected chi connectivity index (χ0v) is 29.8. The summed E-state index contributed by atoms with van der Waals surface area (Å²) in [6.45, 7) is 3.92. The molecule has 48 heavy (non-hydrogen) atoms. The molecule has 0 radical (unpaired) electrons. The number of carbonyl (C=O) groups is 2. The number of amides is 2. The SMILES string of the molecule is CCOc1ccc(N(CC(=O)N(Cc2cccc(C)c2)C(Cc2ccccc2)C(=O)NC2CCCC2)S(=O)(=O)c2ccc(Br)cc2)cc1. The Balaban J connectivity index is 1.56. The van der Waals surface area contributed by atoms with Crippen LogP contribution in [0.5, 0.6) is 5.75 Å². The van der Waals surface area contributed by atoms with Gasteiger partial charge in [-0.05, 0) is 86.3 Å². The van der Waals surface area contributed by atoms with Gasteiger partial charge in [0, 0.05) is 23.5 Å². The molecule has 0 bridgehead atoms. The van der Waals surface area contributed by atoms with E-state index in [9.17, 15) is 18.0 Å². The van der Waals surface area contributed by atoms with Crippen LogP contribution in [-0.4, -0.2) is 50.4 Å². The van der Waals surface area contributed by atoms with E-state index in [1.165, 1.54) is 12.1 Å². The first-order valence-corrected chi connectivity index (χ1v) is 18.6. The number of sulfonamides is 1. The van der Waals surface area contributed by atoms with Gasteiger partial charge in [-0.25, -0.2) is 8.42 Å². The van der Waals surface area contributed by atoms with Crippen molar-refractivity contribution in [3.8, 4) is 5.75 Å². The Morgan fingerprint density at radius 1 is 0.896 bits per heavy atom. The van der Waals surface area contributed by atoms with Gasteiger partial charge in [0.1, 0.15) is 18.3 Å². The number of hydrogen-bond donors (Lipinski definition) is 1. The Hall–Kier alpha value is -4.15. The molecule has 1 aliphatic rings. The summed E-state index contributed by atoms with van der Waals surface area (Å²) in [7, 11) is -4.20. The quantitative estimate of drug-likeness (QED) is 0.150. The minimum atomic E-state index is -4.20. The van der Waals surface area contributed by atoms with Crippen molar-refractivity contribution >= 4 is 43.5 Å². The zero-order chi connectivity index (χ0) is 34.1. The molecule has 4 aromatic carbocycles. The number of anilines is 1. The molecular formula is C38H42BrN3O5S. The van der Waals surface area contributed by atoms with Crippen LogP contribution in [0, 0.1) is 6.92 Å². The fourth-order valence-corrected chi connectivity index (χ4v) is 7.74. The summed E-state index contributed by atoms with van der Waals surface area (Å²) >= 11 is 3.38. The predicted octanol–water partition coefficient (Wildman–Crippen LogP) is 7.05. The smallest absolute Gasteiger partial charge is 0.264 e. The fourth-order valence-electron chi connectivity index (χ4n) is 6.07. The van der Waals surface area contributed by atoms with Gasteiger partial charge < -0.3 is 15.0 Å². The first-order valence-electron chi connectivity index (χ1n) is 16.3. The maximum atomic E-state index is 14.7. The van der Waals surface area contributed by atoms with Gasteiger partial charge in [-0.15, -0.1) is 0 Å². The first kappa shape index (κ1) is 35.2. The molecular weight excluding hydrogens is 690 g/mol. The highest BCUT2D eigenvalue weighted by molar-refractivity contribution is 9.10. The molecule has 2 amide bonds. The van der Waals surface area contributed by atoms with Gasteiger partial charge >= 0.3 is 0 Å². The van der Waals surface area contributed by atoms with Gasteiger partial charge in [0.25, 0.3) is 10.0 Å². The average molecular weight is 733 g/mol. The van der Waals surface area contributed by atoms with Gasteiger partial charge in [-0.3, -0.25) is 13.9 Å². The molecule has 0 saturated heterocycles. The third-order valence-corrected chi connectivity index (χ3v) is 10.8. The molecule has 0 aliphatic heterocycles. The Labute approximate surface area is 292 Å². The number of ether oxygens (including phenoxy) is 1. The minimum Gasteiger partial charge on any atom is -0.494 e. The normalized spacial score (nSPS) is 13.9. The summed E-state index contributed by atoms with van der Waals surface area (Å²) in [5, 5.41) is 3.21. The van der Waals surface area contributed by atoms with Gasteiger partial charge in [0.15, 0.2) is 0 Å². The van der Waals surface area contributed by atoms with Crippen LogP contribution < -0.4 is 14.4 Å². The van der Waals surface area contributed by atoms with E-state index in [1.54, 1.807) is 41.3 Å². The number of carbonyl (C=O) groups excluding carboxylic acids is 2. The van der Waals surface area contributed by atoms with Crippen molar-refractivity contribution < 1.29 is 22.7 Å². The summed E-state index contributed by atoms with van der Waals surface area (Å²) in [4.78, 5) is 30.4. The number of rotatable bonds is 14. The van der Waals surface area contributed by atoms with E-state index in [-0.39, 0.29) is 29.8 Å². The molecule has 1 unspecified atom stereocenters. The maximum absolute atomic E-state index is 14.7. The van der Waals surface area contributed by atoms with Crippen molar-refractivity contribution in [3.05, 3.63) is 124 Å². The lowest BCUT2D eigenvalue weighted by molar-refractivity contribution is -0.140. The molecule has 1 N–H and O–H groups in total. The molecule has 1 atom stereocenters. The van der Waals surface area contributed by atoms with Crippen molar-refractivity contribution in [2.24, 2.45) is 0 Å². The van der Waals surface area contributed by atoms with Crippen LogP contribution in [0.25, 0.3) is 0 Å². The van der Waals surface area contributed by atoms with Gasteiger partial charge in [-0.2, -0.15) is 0 Å². The number of nitrogens with one attached hydrogen (secondary N) is 1. The van der Waals surface area contributed by atoms with Crippen LogP contribution in [0.2, 0.25) is 0 Å². The van der Waals surface area contributed by atoms with Gasteiger partial charge in [-0.1, -0.05) is 88.9 Å². The second kappa shape index (κ2) is 16.3. The number of aryl methyl sites for hydroxylation is 1. The van der Waals surface area contributed by atoms with E-state index in [4.69, 9.17) is 4.74 Å². The molecule has 252 valence electrons. The third-order valence-electron chi connectivity index (χ3n) is 8.52. The molecule has 8 nitrogen and oxygen atoms in total. The second-order valence-corrected chi connectivity index (χ2v) is 14.9. The number of halogens is 1. The molecule has 5 rings (SSSR count). The fraction of sp³-hybridized carbons (Fsp3) is 0.316. The predicted molar refractivity (Wildman–Crippen MR) is 192 cm³/mol. The summed E-state index contributed by atoms with van der Waals surface area (Å²) < 4.78 is 36.0. The molecule has 1 fully saturated rings. The van der Waals surface area contributed by atoms with Crippen LogP contribution in [0.15, 0.2) is 112 Å². The van der Waals surface area contributed by atoms with E-state index < -0.39 is 28.5 Å². The molecule has 1 aliphatic carbocycles. The van der Waals surface area contributed by atoms with Crippen LogP contribution in [0.4, 0.5) is 5.69 Å². The largest absolute Gasteiger partial charge is 0.494 e. The number of nitrogens with zero attached hydrogens (tertiary/aromatic N) is 2. The summed E-state index contributed by atoms with van der Waals surface area (Å²) in [5.74, 6) is -0.148. The van der Waals surface area contributed by atoms with Gasteiger partial charge in [0.05, 0.1) is 17.2 Å². The highest BCUT2D eigenvalue weighted by atomic mass is 79.9. The van der Waals surface area contributed by atoms with E-state index in [2.05, 4.69) is 21.2 Å². The lowest BCUT2D eigenvalue weighted by Crippen LogP contribution is -2.54. The highest BCUT2D eigenvalue weighted by Crippen LogP contribution is 2.28. The Morgan fingerprint density at radius 2 is 1.56 bits per heavy atom. The number of hydrogen-bond acceptors (Lipinski definition) is 5. The molecule has 0 spiro atoms. The van der Waals surface area contributed by atoms with E-state index in [1.807, 2.05) is 68.4 Å². The van der Waals surface area contributed by atoms with E-state index in [0.29, 0.717) is 18.0 Å². The maximum Gasteiger partial charge on any atom is 0.264 e. The van der Waals surface area contributed by atoms with E-state index >= 15 is 0 Å². The monoisotopic (exact) mass is 731 g/mol. The summed E-state index contributed by atoms with van der Waals surface area (Å²) in [5.41, 5.74) is 3.07. The van der Waals surface area contributed by atoms with Gasteiger partial charge in [0.2, 0.25) is 11.8 Å². The standard InChI is InChI=1S/C38H42BrN3O5S/c1-3-47-34-20-18-33(19-21-34)42(48(45,46)35-22-16-31(39)17-23-35)27-37(43)41(26-30-13-9-10-28(2)24-30)36(25-29-11-5-4-6-12-29)38(44)40-32-14-7-8-15-32/h4-6,9-13,16-24,32,36H,3,7-8,14-15,25-27H2,1-2H3,(H,40,44). The van der Waals surface area contributed by atoms with Crippen LogP contribution in [0.3, 0.4) is 0 Å². The zero-order valence-electron chi connectivity index (χ0n) is 27.3. The average Bonchev–Trinajstić information content (AvgIpc) is 3.59. The van der Waals surface area contributed by atoms with Crippen molar-refractivity contribution in [1.29, 1.82) is 0 Å². The van der Waals surface area contributed by atoms with E-state index in [0.717, 1.165) is 51.2 Å². The number of benzene rings is 4. The Bertz CT molecular complexity index is 1780. The van der Waals surface area contributed by atoms with Crippen LogP contribution in [0.1, 0.15) is 49.3 Å². The lowest BCUT2D eigenvalue weighted by Gasteiger charge is -2.34.